The van der Waals surface area contributed by atoms with Crippen molar-refractivity contribution in [3.05, 3.63) is 0 Å². The SMILES string of the molecule is CN1CCN(C(=O)[C@@H]2CSC3(CCN(C(=O)[C@@H](N)CO)CC3)N2)CC1. The highest BCUT2D eigenvalue weighted by Crippen LogP contribution is 2.39. The summed E-state index contributed by atoms with van der Waals surface area (Å²) in [5.74, 6) is 0.804. The average Bonchev–Trinajstić information content (AvgIpc) is 3.05. The monoisotopic (exact) mass is 371 g/mol. The smallest absolute Gasteiger partial charge is 0.241 e. The van der Waals surface area contributed by atoms with Gasteiger partial charge in [0, 0.05) is 45.0 Å². The zero-order valence-corrected chi connectivity index (χ0v) is 15.6. The Balaban J connectivity index is 1.51. The molecule has 3 rings (SSSR count). The third kappa shape index (κ3) is 4.11. The summed E-state index contributed by atoms with van der Waals surface area (Å²) in [4.78, 5) is 30.7. The van der Waals surface area contributed by atoms with E-state index in [2.05, 4.69) is 17.3 Å². The van der Waals surface area contributed by atoms with Gasteiger partial charge in [-0.3, -0.25) is 14.9 Å². The molecule has 3 heterocycles. The quantitative estimate of drug-likeness (QED) is 0.533. The lowest BCUT2D eigenvalue weighted by atomic mass is 10.0. The number of nitrogens with one attached hydrogen (secondary N) is 1. The normalized spacial score (nSPS) is 28.4. The minimum atomic E-state index is -0.829. The van der Waals surface area contributed by atoms with Gasteiger partial charge < -0.3 is 25.5 Å². The Morgan fingerprint density at radius 2 is 1.84 bits per heavy atom. The number of nitrogens with zero attached hydrogens (tertiary/aromatic N) is 3. The van der Waals surface area contributed by atoms with Gasteiger partial charge in [-0.2, -0.15) is 0 Å². The number of aliphatic hydroxyl groups excluding tert-OH is 1. The van der Waals surface area contributed by atoms with Crippen LogP contribution in [0.1, 0.15) is 12.8 Å². The lowest BCUT2D eigenvalue weighted by Crippen LogP contribution is -2.58. The van der Waals surface area contributed by atoms with Gasteiger partial charge in [0.25, 0.3) is 0 Å². The summed E-state index contributed by atoms with van der Waals surface area (Å²) in [6.07, 6.45) is 1.60. The van der Waals surface area contributed by atoms with Crippen LogP contribution in [0.3, 0.4) is 0 Å². The molecule has 2 atom stereocenters. The van der Waals surface area contributed by atoms with Crippen molar-refractivity contribution in [1.29, 1.82) is 0 Å². The summed E-state index contributed by atoms with van der Waals surface area (Å²) in [7, 11) is 2.08. The van der Waals surface area contributed by atoms with Crippen LogP contribution in [-0.2, 0) is 9.59 Å². The zero-order chi connectivity index (χ0) is 18.0. The summed E-state index contributed by atoms with van der Waals surface area (Å²) in [5.41, 5.74) is 5.63. The second-order valence-electron chi connectivity index (χ2n) is 7.25. The summed E-state index contributed by atoms with van der Waals surface area (Å²) < 4.78 is 0. The summed E-state index contributed by atoms with van der Waals surface area (Å²) in [6.45, 7) is 4.36. The molecule has 9 heteroatoms. The lowest BCUT2D eigenvalue weighted by Gasteiger charge is -2.40. The molecular weight excluding hydrogens is 342 g/mol. The molecule has 3 aliphatic heterocycles. The number of hydrogen-bond acceptors (Lipinski definition) is 7. The van der Waals surface area contributed by atoms with E-state index in [0.29, 0.717) is 13.1 Å². The Hall–Kier alpha value is -0.870. The van der Waals surface area contributed by atoms with Gasteiger partial charge in [-0.15, -0.1) is 11.8 Å². The lowest BCUT2D eigenvalue weighted by molar-refractivity contribution is -0.136. The van der Waals surface area contributed by atoms with E-state index < -0.39 is 6.04 Å². The van der Waals surface area contributed by atoms with Gasteiger partial charge in [0.05, 0.1) is 17.5 Å². The van der Waals surface area contributed by atoms with Crippen molar-refractivity contribution in [2.24, 2.45) is 5.73 Å². The third-order valence-corrected chi connectivity index (χ3v) is 7.05. The molecule has 0 aliphatic carbocycles. The molecule has 0 aromatic heterocycles. The van der Waals surface area contributed by atoms with Gasteiger partial charge in [-0.05, 0) is 19.9 Å². The highest BCUT2D eigenvalue weighted by Gasteiger charge is 2.45. The van der Waals surface area contributed by atoms with Crippen LogP contribution in [0.5, 0.6) is 0 Å². The van der Waals surface area contributed by atoms with E-state index in [9.17, 15) is 9.59 Å². The first-order valence-corrected chi connectivity index (χ1v) is 9.97. The van der Waals surface area contributed by atoms with Gasteiger partial charge in [0.2, 0.25) is 11.8 Å². The molecule has 25 heavy (non-hydrogen) atoms. The molecule has 0 aromatic rings. The topological polar surface area (TPSA) is 102 Å². The maximum Gasteiger partial charge on any atom is 0.241 e. The van der Waals surface area contributed by atoms with E-state index in [0.717, 1.165) is 44.8 Å². The largest absolute Gasteiger partial charge is 0.394 e. The molecule has 3 aliphatic rings. The molecule has 4 N–H and O–H groups in total. The van der Waals surface area contributed by atoms with Gasteiger partial charge in [0.15, 0.2) is 0 Å². The zero-order valence-electron chi connectivity index (χ0n) is 14.8. The van der Waals surface area contributed by atoms with Crippen LogP contribution in [-0.4, -0.2) is 107 Å². The number of likely N-dealkylation sites (N-methyl/N-ethyl adjacent to an activating group) is 1. The summed E-state index contributed by atoms with van der Waals surface area (Å²) in [6, 6.07) is -0.958. The third-order valence-electron chi connectivity index (χ3n) is 5.47. The second-order valence-corrected chi connectivity index (χ2v) is 8.65. The second kappa shape index (κ2) is 7.79. The number of carbonyl (C=O) groups is 2. The van der Waals surface area contributed by atoms with Crippen LogP contribution >= 0.6 is 11.8 Å². The van der Waals surface area contributed by atoms with Crippen LogP contribution in [0, 0.1) is 0 Å². The summed E-state index contributed by atoms with van der Waals surface area (Å²) >= 11 is 1.81. The van der Waals surface area contributed by atoms with Crippen molar-refractivity contribution in [2.45, 2.75) is 29.8 Å². The molecule has 142 valence electrons. The van der Waals surface area contributed by atoms with Crippen LogP contribution in [0.4, 0.5) is 0 Å². The predicted molar refractivity (Wildman–Crippen MR) is 97.1 cm³/mol. The molecule has 3 fully saturated rings. The van der Waals surface area contributed by atoms with Crippen molar-refractivity contribution in [3.8, 4) is 0 Å². The number of thioether (sulfide) groups is 1. The van der Waals surface area contributed by atoms with E-state index in [-0.39, 0.29) is 29.3 Å². The Morgan fingerprint density at radius 3 is 2.44 bits per heavy atom. The maximum absolute atomic E-state index is 12.8. The average molecular weight is 372 g/mol. The van der Waals surface area contributed by atoms with Crippen LogP contribution < -0.4 is 11.1 Å². The van der Waals surface area contributed by atoms with Crippen LogP contribution in [0.25, 0.3) is 0 Å². The molecule has 0 saturated carbocycles. The van der Waals surface area contributed by atoms with Crippen molar-refractivity contribution < 1.29 is 14.7 Å². The number of aliphatic hydroxyl groups is 1. The van der Waals surface area contributed by atoms with Crippen molar-refractivity contribution >= 4 is 23.6 Å². The van der Waals surface area contributed by atoms with Crippen molar-refractivity contribution in [2.75, 3.05) is 58.7 Å². The van der Waals surface area contributed by atoms with Crippen LogP contribution in [0.15, 0.2) is 0 Å². The van der Waals surface area contributed by atoms with Gasteiger partial charge in [-0.25, -0.2) is 0 Å². The minimum Gasteiger partial charge on any atom is -0.394 e. The fourth-order valence-electron chi connectivity index (χ4n) is 3.71. The Labute approximate surface area is 153 Å². The number of rotatable bonds is 3. The fraction of sp³-hybridized carbons (Fsp3) is 0.875. The standard InChI is InChI=1S/C16H29N5O3S/c1-19-6-8-21(9-7-19)15(24)13-11-25-16(18-13)2-4-20(5-3-16)14(23)12(17)10-22/h12-13,18,22H,2-11,17H2,1H3/t12-,13-/m0/s1. The molecule has 3 saturated heterocycles. The summed E-state index contributed by atoms with van der Waals surface area (Å²) in [5, 5.41) is 12.6. The maximum atomic E-state index is 12.8. The van der Waals surface area contributed by atoms with E-state index in [4.69, 9.17) is 10.8 Å². The number of nitrogens with two attached hydrogens (primary N) is 1. The fourth-order valence-corrected chi connectivity index (χ4v) is 5.12. The highest BCUT2D eigenvalue weighted by atomic mass is 32.2. The molecule has 0 aromatic carbocycles. The number of carbonyl (C=O) groups excluding carboxylic acids is 2. The Bertz CT molecular complexity index is 504. The van der Waals surface area contributed by atoms with Crippen LogP contribution in [0.2, 0.25) is 0 Å². The van der Waals surface area contributed by atoms with E-state index in [1.807, 2.05) is 4.90 Å². The first-order chi connectivity index (χ1) is 11.9. The minimum absolute atomic E-state index is 0.118. The Morgan fingerprint density at radius 1 is 1.20 bits per heavy atom. The van der Waals surface area contributed by atoms with E-state index in [1.54, 1.807) is 16.7 Å². The number of piperidine rings is 1. The van der Waals surface area contributed by atoms with Crippen molar-refractivity contribution in [1.82, 2.24) is 20.0 Å². The van der Waals surface area contributed by atoms with E-state index >= 15 is 0 Å². The van der Waals surface area contributed by atoms with Crippen molar-refractivity contribution in [3.63, 3.8) is 0 Å². The van der Waals surface area contributed by atoms with Gasteiger partial charge >= 0.3 is 0 Å². The molecule has 8 nitrogen and oxygen atoms in total. The number of amides is 2. The molecule has 0 radical (unpaired) electrons. The predicted octanol–water partition coefficient (Wildman–Crippen LogP) is -1.90. The van der Waals surface area contributed by atoms with Gasteiger partial charge in [0.1, 0.15) is 6.04 Å². The number of piperazine rings is 1. The van der Waals surface area contributed by atoms with Gasteiger partial charge in [-0.1, -0.05) is 0 Å². The highest BCUT2D eigenvalue weighted by molar-refractivity contribution is 8.01. The number of hydrogen-bond donors (Lipinski definition) is 3. The molecule has 0 bridgehead atoms. The molecule has 2 amide bonds. The molecule has 0 unspecified atom stereocenters. The first kappa shape index (κ1) is 18.9. The molecular formula is C16H29N5O3S. The number of likely N-dealkylation sites (tertiary alicyclic amines) is 1. The first-order valence-electron chi connectivity index (χ1n) is 8.98. The van der Waals surface area contributed by atoms with E-state index in [1.165, 1.54) is 0 Å². The molecule has 1 spiro atoms. The Kier molecular flexibility index (Phi) is 5.89.